The standard InChI is InChI=1S/C16H23N3/c1-3-17-13(10-12-8-9-12)11-16-18-14-6-4-5-7-15(14)19(16)2/h4-7,12-13,17H,3,8-11H2,1-2H3. The number of aromatic nitrogens is 2. The van der Waals surface area contributed by atoms with Gasteiger partial charge in [-0.25, -0.2) is 4.98 Å². The van der Waals surface area contributed by atoms with Gasteiger partial charge in [0.2, 0.25) is 0 Å². The molecular weight excluding hydrogens is 234 g/mol. The fraction of sp³-hybridized carbons (Fsp3) is 0.562. The Morgan fingerprint density at radius 3 is 2.84 bits per heavy atom. The number of benzene rings is 1. The Bertz CT molecular complexity index is 554. The van der Waals surface area contributed by atoms with Gasteiger partial charge in [0.15, 0.2) is 0 Å². The van der Waals surface area contributed by atoms with E-state index in [4.69, 9.17) is 4.98 Å². The van der Waals surface area contributed by atoms with Crippen molar-refractivity contribution in [1.82, 2.24) is 14.9 Å². The molecule has 0 amide bonds. The van der Waals surface area contributed by atoms with E-state index in [9.17, 15) is 0 Å². The number of hydrogen-bond acceptors (Lipinski definition) is 2. The molecule has 19 heavy (non-hydrogen) atoms. The fourth-order valence-corrected chi connectivity index (χ4v) is 2.88. The van der Waals surface area contributed by atoms with Crippen molar-refractivity contribution in [2.75, 3.05) is 6.54 Å². The van der Waals surface area contributed by atoms with Crippen LogP contribution in [0.5, 0.6) is 0 Å². The smallest absolute Gasteiger partial charge is 0.111 e. The molecule has 2 aromatic rings. The maximum absolute atomic E-state index is 4.78. The quantitative estimate of drug-likeness (QED) is 0.862. The van der Waals surface area contributed by atoms with Crippen LogP contribution >= 0.6 is 0 Å². The lowest BCUT2D eigenvalue weighted by Crippen LogP contribution is -2.32. The largest absolute Gasteiger partial charge is 0.331 e. The van der Waals surface area contributed by atoms with Crippen LogP contribution in [0.4, 0.5) is 0 Å². The summed E-state index contributed by atoms with van der Waals surface area (Å²) in [7, 11) is 2.13. The van der Waals surface area contributed by atoms with E-state index < -0.39 is 0 Å². The van der Waals surface area contributed by atoms with E-state index in [0.29, 0.717) is 6.04 Å². The third-order valence-electron chi connectivity index (χ3n) is 4.12. The zero-order valence-electron chi connectivity index (χ0n) is 11.9. The summed E-state index contributed by atoms with van der Waals surface area (Å²) in [6.07, 6.45) is 5.18. The summed E-state index contributed by atoms with van der Waals surface area (Å²) in [5, 5.41) is 3.62. The second-order valence-corrected chi connectivity index (χ2v) is 5.71. The molecule has 0 radical (unpaired) electrons. The highest BCUT2D eigenvalue weighted by Crippen LogP contribution is 2.34. The van der Waals surface area contributed by atoms with Crippen LogP contribution in [-0.4, -0.2) is 22.1 Å². The summed E-state index contributed by atoms with van der Waals surface area (Å²) in [4.78, 5) is 4.78. The van der Waals surface area contributed by atoms with Gasteiger partial charge in [0.05, 0.1) is 11.0 Å². The van der Waals surface area contributed by atoms with Gasteiger partial charge in [0.1, 0.15) is 5.82 Å². The first-order chi connectivity index (χ1) is 9.28. The van der Waals surface area contributed by atoms with E-state index in [1.54, 1.807) is 0 Å². The first-order valence-corrected chi connectivity index (χ1v) is 7.41. The predicted octanol–water partition coefficient (Wildman–Crippen LogP) is 2.89. The van der Waals surface area contributed by atoms with Crippen LogP contribution in [0.2, 0.25) is 0 Å². The van der Waals surface area contributed by atoms with E-state index in [2.05, 4.69) is 48.1 Å². The van der Waals surface area contributed by atoms with E-state index in [1.807, 2.05) is 0 Å². The van der Waals surface area contributed by atoms with Crippen LogP contribution in [0.3, 0.4) is 0 Å². The van der Waals surface area contributed by atoms with Gasteiger partial charge in [-0.2, -0.15) is 0 Å². The first-order valence-electron chi connectivity index (χ1n) is 7.41. The summed E-state index contributed by atoms with van der Waals surface area (Å²) in [6.45, 7) is 3.23. The average molecular weight is 257 g/mol. The van der Waals surface area contributed by atoms with Crippen LogP contribution in [0.15, 0.2) is 24.3 Å². The van der Waals surface area contributed by atoms with Crippen molar-refractivity contribution >= 4 is 11.0 Å². The third-order valence-corrected chi connectivity index (χ3v) is 4.12. The topological polar surface area (TPSA) is 29.9 Å². The Kier molecular flexibility index (Phi) is 3.56. The van der Waals surface area contributed by atoms with Crippen molar-refractivity contribution in [3.8, 4) is 0 Å². The molecule has 1 fully saturated rings. The molecule has 102 valence electrons. The molecule has 1 unspecified atom stereocenters. The van der Waals surface area contributed by atoms with Crippen LogP contribution in [0.25, 0.3) is 11.0 Å². The predicted molar refractivity (Wildman–Crippen MR) is 79.2 cm³/mol. The number of rotatable bonds is 6. The molecule has 1 N–H and O–H groups in total. The van der Waals surface area contributed by atoms with Gasteiger partial charge < -0.3 is 9.88 Å². The molecular formula is C16H23N3. The van der Waals surface area contributed by atoms with Crippen molar-refractivity contribution in [2.45, 2.75) is 38.6 Å². The van der Waals surface area contributed by atoms with Gasteiger partial charge >= 0.3 is 0 Å². The van der Waals surface area contributed by atoms with Crippen molar-refractivity contribution < 1.29 is 0 Å². The summed E-state index contributed by atoms with van der Waals surface area (Å²) >= 11 is 0. The maximum atomic E-state index is 4.78. The highest BCUT2D eigenvalue weighted by Gasteiger charge is 2.26. The first kappa shape index (κ1) is 12.7. The highest BCUT2D eigenvalue weighted by molar-refractivity contribution is 5.75. The van der Waals surface area contributed by atoms with Crippen LogP contribution < -0.4 is 5.32 Å². The van der Waals surface area contributed by atoms with E-state index in [0.717, 1.165) is 24.4 Å². The SMILES string of the molecule is CCNC(Cc1nc2ccccc2n1C)CC1CC1. The molecule has 0 saturated heterocycles. The highest BCUT2D eigenvalue weighted by atomic mass is 15.1. The van der Waals surface area contributed by atoms with Crippen molar-refractivity contribution in [2.24, 2.45) is 13.0 Å². The van der Waals surface area contributed by atoms with Gasteiger partial charge in [-0.05, 0) is 31.0 Å². The van der Waals surface area contributed by atoms with Gasteiger partial charge in [-0.3, -0.25) is 0 Å². The molecule has 1 aromatic heterocycles. The van der Waals surface area contributed by atoms with E-state index >= 15 is 0 Å². The Hall–Kier alpha value is -1.35. The second kappa shape index (κ2) is 5.33. The number of para-hydroxylation sites is 2. The molecule has 1 saturated carbocycles. The number of hydrogen-bond donors (Lipinski definition) is 1. The zero-order chi connectivity index (χ0) is 13.2. The lowest BCUT2D eigenvalue weighted by molar-refractivity contribution is 0.454. The average Bonchev–Trinajstić information content (AvgIpc) is 3.16. The number of nitrogens with zero attached hydrogens (tertiary/aromatic N) is 2. The van der Waals surface area contributed by atoms with E-state index in [1.165, 1.54) is 30.6 Å². The minimum atomic E-state index is 0.577. The summed E-state index contributed by atoms with van der Waals surface area (Å²) in [6, 6.07) is 8.97. The monoisotopic (exact) mass is 257 g/mol. The van der Waals surface area contributed by atoms with Crippen LogP contribution in [-0.2, 0) is 13.5 Å². The number of nitrogens with one attached hydrogen (secondary N) is 1. The van der Waals surface area contributed by atoms with Crippen LogP contribution in [0.1, 0.15) is 32.0 Å². The van der Waals surface area contributed by atoms with Gasteiger partial charge in [-0.1, -0.05) is 31.9 Å². The third kappa shape index (κ3) is 2.81. The molecule has 3 nitrogen and oxygen atoms in total. The Balaban J connectivity index is 1.79. The minimum Gasteiger partial charge on any atom is -0.331 e. The maximum Gasteiger partial charge on any atom is 0.111 e. The Morgan fingerprint density at radius 2 is 2.16 bits per heavy atom. The molecule has 1 aromatic carbocycles. The van der Waals surface area contributed by atoms with Gasteiger partial charge in [-0.15, -0.1) is 0 Å². The van der Waals surface area contributed by atoms with Crippen molar-refractivity contribution in [3.05, 3.63) is 30.1 Å². The lowest BCUT2D eigenvalue weighted by Gasteiger charge is -2.17. The summed E-state index contributed by atoms with van der Waals surface area (Å²) < 4.78 is 2.24. The molecule has 1 heterocycles. The molecule has 3 heteroatoms. The molecule has 3 rings (SSSR count). The summed E-state index contributed by atoms with van der Waals surface area (Å²) in [5.41, 5.74) is 2.35. The number of imidazole rings is 1. The molecule has 0 bridgehead atoms. The number of likely N-dealkylation sites (N-methyl/N-ethyl adjacent to an activating group) is 1. The van der Waals surface area contributed by atoms with Crippen LogP contribution in [0, 0.1) is 5.92 Å². The molecule has 1 atom stereocenters. The Morgan fingerprint density at radius 1 is 1.37 bits per heavy atom. The minimum absolute atomic E-state index is 0.577. The zero-order valence-corrected chi connectivity index (χ0v) is 11.9. The fourth-order valence-electron chi connectivity index (χ4n) is 2.88. The van der Waals surface area contributed by atoms with Crippen molar-refractivity contribution in [1.29, 1.82) is 0 Å². The molecule has 0 spiro atoms. The van der Waals surface area contributed by atoms with Crippen molar-refractivity contribution in [3.63, 3.8) is 0 Å². The molecule has 1 aliphatic carbocycles. The Labute approximate surface area is 115 Å². The lowest BCUT2D eigenvalue weighted by atomic mass is 10.1. The van der Waals surface area contributed by atoms with Gasteiger partial charge in [0, 0.05) is 19.5 Å². The normalized spacial score (nSPS) is 16.9. The van der Waals surface area contributed by atoms with E-state index in [-0.39, 0.29) is 0 Å². The number of fused-ring (bicyclic) bond motifs is 1. The number of aryl methyl sites for hydroxylation is 1. The second-order valence-electron chi connectivity index (χ2n) is 5.71. The molecule has 0 aliphatic heterocycles. The van der Waals surface area contributed by atoms with Gasteiger partial charge in [0.25, 0.3) is 0 Å². The molecule has 1 aliphatic rings. The summed E-state index contributed by atoms with van der Waals surface area (Å²) in [5.74, 6) is 2.16.